The molecule has 0 aliphatic carbocycles. The van der Waals surface area contributed by atoms with Crippen LogP contribution in [0.15, 0.2) is 53.6 Å². The minimum Gasteiger partial charge on any atom is -0.487 e. The maximum Gasteiger partial charge on any atom is 0.356 e. The lowest BCUT2D eigenvalue weighted by Crippen LogP contribution is -2.10. The molecule has 1 aromatic carbocycles. The van der Waals surface area contributed by atoms with E-state index in [4.69, 9.17) is 18.9 Å². The van der Waals surface area contributed by atoms with Crippen LogP contribution in [-0.4, -0.2) is 47.9 Å². The normalized spacial score (nSPS) is 10.7. The van der Waals surface area contributed by atoms with Gasteiger partial charge in [0.05, 0.1) is 31.1 Å². The first-order valence-electron chi connectivity index (χ1n) is 11.5. The fourth-order valence-corrected chi connectivity index (χ4v) is 4.61. The second-order valence-corrected chi connectivity index (χ2v) is 8.37. The van der Waals surface area contributed by atoms with E-state index in [1.165, 1.54) is 11.8 Å². The van der Waals surface area contributed by atoms with Crippen LogP contribution in [0.5, 0.6) is 5.75 Å². The van der Waals surface area contributed by atoms with Crippen molar-refractivity contribution in [2.75, 3.05) is 25.6 Å². The number of benzene rings is 1. The molecule has 0 atom stereocenters. The van der Waals surface area contributed by atoms with Crippen LogP contribution in [0.1, 0.15) is 53.6 Å². The summed E-state index contributed by atoms with van der Waals surface area (Å²) in [5, 5.41) is 0. The molecule has 0 aliphatic rings. The number of ether oxygens (including phenoxy) is 4. The Morgan fingerprint density at radius 1 is 0.857 bits per heavy atom. The molecule has 0 bridgehead atoms. The van der Waals surface area contributed by atoms with Crippen LogP contribution in [0, 0.1) is 0 Å². The van der Waals surface area contributed by atoms with E-state index in [1.54, 1.807) is 43.5 Å². The van der Waals surface area contributed by atoms with Crippen LogP contribution in [0.3, 0.4) is 0 Å². The average molecular weight is 500 g/mol. The third kappa shape index (κ3) is 6.36. The number of hydrogen-bond donors (Lipinski definition) is 0. The van der Waals surface area contributed by atoms with E-state index in [2.05, 4.69) is 0 Å². The number of thioether (sulfide) groups is 1. The van der Waals surface area contributed by atoms with Gasteiger partial charge in [-0.15, -0.1) is 11.8 Å². The highest BCUT2D eigenvalue weighted by Crippen LogP contribution is 2.38. The molecule has 0 spiro atoms. The van der Waals surface area contributed by atoms with Gasteiger partial charge in [-0.1, -0.05) is 30.3 Å². The average Bonchev–Trinajstić information content (AvgIpc) is 3.18. The van der Waals surface area contributed by atoms with Crippen LogP contribution >= 0.6 is 11.8 Å². The summed E-state index contributed by atoms with van der Waals surface area (Å²) in [4.78, 5) is 38.4. The summed E-state index contributed by atoms with van der Waals surface area (Å²) < 4.78 is 23.3. The van der Waals surface area contributed by atoms with Crippen LogP contribution in [-0.2, 0) is 25.6 Å². The minimum atomic E-state index is -0.588. The fraction of sp³-hybridized carbons (Fsp3) is 0.346. The van der Waals surface area contributed by atoms with Crippen molar-refractivity contribution in [2.24, 2.45) is 0 Å². The first-order valence-corrected chi connectivity index (χ1v) is 12.5. The quantitative estimate of drug-likeness (QED) is 0.197. The summed E-state index contributed by atoms with van der Waals surface area (Å²) in [6, 6.07) is 13.1. The molecule has 0 N–H and O–H groups in total. The van der Waals surface area contributed by atoms with Crippen molar-refractivity contribution in [2.45, 2.75) is 38.7 Å². The van der Waals surface area contributed by atoms with Crippen molar-refractivity contribution in [1.29, 1.82) is 0 Å². The van der Waals surface area contributed by atoms with Gasteiger partial charge in [0.1, 0.15) is 29.1 Å². The molecule has 8 nitrogen and oxygen atoms in total. The van der Waals surface area contributed by atoms with E-state index in [1.807, 2.05) is 30.3 Å². The summed E-state index contributed by atoms with van der Waals surface area (Å²) in [6.45, 7) is 6.03. The van der Waals surface area contributed by atoms with Gasteiger partial charge in [-0.25, -0.2) is 9.59 Å². The molecule has 0 saturated heterocycles. The van der Waals surface area contributed by atoms with Gasteiger partial charge in [0.2, 0.25) is 0 Å². The Morgan fingerprint density at radius 2 is 1.54 bits per heavy atom. The van der Waals surface area contributed by atoms with E-state index < -0.39 is 11.9 Å². The molecule has 0 aliphatic heterocycles. The molecule has 186 valence electrons. The fourth-order valence-electron chi connectivity index (χ4n) is 3.50. The smallest absolute Gasteiger partial charge is 0.356 e. The molecule has 9 heteroatoms. The minimum absolute atomic E-state index is 0.118. The summed E-state index contributed by atoms with van der Waals surface area (Å²) in [5.41, 5.74) is 1.74. The standard InChI is InChI=1S/C26H29NO7S/c1-4-31-20(28)14-16-35-24-21(25(29)32-5-2)22-19(34-17-18-11-8-7-9-12-18)13-10-15-27(22)23(24)26(30)33-6-3/h7-13,15H,4-6,14,16-17H2,1-3H3. The SMILES string of the molecule is CCOC(=O)CCSc1c(C(=O)OCC)c2c(OCc3ccccc3)cccn2c1C(=O)OCC. The number of rotatable bonds is 12. The zero-order valence-corrected chi connectivity index (χ0v) is 20.9. The second-order valence-electron chi connectivity index (χ2n) is 7.26. The van der Waals surface area contributed by atoms with Crippen LogP contribution in [0.25, 0.3) is 5.52 Å². The highest BCUT2D eigenvalue weighted by molar-refractivity contribution is 7.99. The van der Waals surface area contributed by atoms with E-state index in [9.17, 15) is 14.4 Å². The lowest BCUT2D eigenvalue weighted by molar-refractivity contribution is -0.142. The highest BCUT2D eigenvalue weighted by atomic mass is 32.2. The Hall–Kier alpha value is -3.46. The number of pyridine rings is 1. The second kappa shape index (κ2) is 12.9. The van der Waals surface area contributed by atoms with Crippen molar-refractivity contribution in [3.8, 4) is 5.75 Å². The number of esters is 3. The third-order valence-corrected chi connectivity index (χ3v) is 6.01. The zero-order valence-electron chi connectivity index (χ0n) is 20.1. The molecule has 0 unspecified atom stereocenters. The van der Waals surface area contributed by atoms with Gasteiger partial charge >= 0.3 is 17.9 Å². The number of carbonyl (C=O) groups excluding carboxylic acids is 3. The molecule has 2 aromatic heterocycles. The largest absolute Gasteiger partial charge is 0.487 e. The number of hydrogen-bond acceptors (Lipinski definition) is 8. The van der Waals surface area contributed by atoms with Crippen molar-refractivity contribution in [1.82, 2.24) is 4.40 Å². The predicted molar refractivity (Wildman–Crippen MR) is 132 cm³/mol. The number of nitrogens with zero attached hydrogens (tertiary/aromatic N) is 1. The molecular formula is C26H29NO7S. The lowest BCUT2D eigenvalue weighted by Gasteiger charge is -2.10. The summed E-state index contributed by atoms with van der Waals surface area (Å²) in [5.74, 6) is -0.811. The third-order valence-electron chi connectivity index (χ3n) is 4.92. The van der Waals surface area contributed by atoms with Crippen molar-refractivity contribution in [3.05, 3.63) is 65.5 Å². The van der Waals surface area contributed by atoms with E-state index in [0.29, 0.717) is 21.9 Å². The van der Waals surface area contributed by atoms with Crippen LogP contribution in [0.2, 0.25) is 0 Å². The monoisotopic (exact) mass is 499 g/mol. The van der Waals surface area contributed by atoms with Gasteiger partial charge in [0.15, 0.2) is 0 Å². The summed E-state index contributed by atoms with van der Waals surface area (Å²) in [7, 11) is 0. The van der Waals surface area contributed by atoms with Crippen molar-refractivity contribution < 1.29 is 33.3 Å². The van der Waals surface area contributed by atoms with Gasteiger partial charge in [0, 0.05) is 11.9 Å². The summed E-state index contributed by atoms with van der Waals surface area (Å²) >= 11 is 1.21. The maximum atomic E-state index is 13.2. The molecular weight excluding hydrogens is 470 g/mol. The molecule has 3 aromatic rings. The Labute approximate surface area is 208 Å². The molecule has 3 rings (SSSR count). The van der Waals surface area contributed by atoms with Crippen molar-refractivity contribution >= 4 is 35.2 Å². The van der Waals surface area contributed by atoms with Crippen LogP contribution in [0.4, 0.5) is 0 Å². The highest BCUT2D eigenvalue weighted by Gasteiger charge is 2.31. The Balaban J connectivity index is 2.11. The molecule has 0 amide bonds. The number of aromatic nitrogens is 1. The predicted octanol–water partition coefficient (Wildman–Crippen LogP) is 4.92. The first-order chi connectivity index (χ1) is 17.0. The molecule has 35 heavy (non-hydrogen) atoms. The van der Waals surface area contributed by atoms with Gasteiger partial charge in [-0.2, -0.15) is 0 Å². The zero-order chi connectivity index (χ0) is 25.2. The summed E-state index contributed by atoms with van der Waals surface area (Å²) in [6.07, 6.45) is 1.79. The molecule has 0 radical (unpaired) electrons. The van der Waals surface area contributed by atoms with E-state index >= 15 is 0 Å². The maximum absolute atomic E-state index is 13.2. The molecule has 0 fully saturated rings. The molecule has 2 heterocycles. The van der Waals surface area contributed by atoms with Gasteiger partial charge < -0.3 is 23.3 Å². The first kappa shape index (κ1) is 26.2. The van der Waals surface area contributed by atoms with Crippen molar-refractivity contribution in [3.63, 3.8) is 0 Å². The van der Waals surface area contributed by atoms with Crippen LogP contribution < -0.4 is 4.74 Å². The van der Waals surface area contributed by atoms with Gasteiger partial charge in [0.25, 0.3) is 0 Å². The van der Waals surface area contributed by atoms with E-state index in [-0.39, 0.29) is 50.1 Å². The van der Waals surface area contributed by atoms with Gasteiger partial charge in [-0.3, -0.25) is 4.79 Å². The number of carbonyl (C=O) groups is 3. The van der Waals surface area contributed by atoms with E-state index in [0.717, 1.165) is 5.56 Å². The Kier molecular flexibility index (Phi) is 9.60. The topological polar surface area (TPSA) is 92.5 Å². The Morgan fingerprint density at radius 3 is 2.23 bits per heavy atom. The number of fused-ring (bicyclic) bond motifs is 1. The lowest BCUT2D eigenvalue weighted by atomic mass is 10.2. The molecule has 0 saturated carbocycles. The van der Waals surface area contributed by atoms with Gasteiger partial charge in [-0.05, 0) is 38.5 Å². The Bertz CT molecular complexity index is 1170.